The first-order valence-electron chi connectivity index (χ1n) is 9.58. The Hall–Kier alpha value is -2.88. The van der Waals surface area contributed by atoms with Crippen LogP contribution in [0.15, 0.2) is 103 Å². The van der Waals surface area contributed by atoms with Crippen molar-refractivity contribution in [2.24, 2.45) is 0 Å². The van der Waals surface area contributed by atoms with Crippen molar-refractivity contribution in [1.29, 1.82) is 0 Å². The summed E-state index contributed by atoms with van der Waals surface area (Å²) in [5.74, 6) is 0.332. The van der Waals surface area contributed by atoms with Crippen molar-refractivity contribution < 1.29 is 31.3 Å². The monoisotopic (exact) mass is 491 g/mol. The molecule has 1 heterocycles. The van der Waals surface area contributed by atoms with E-state index < -0.39 is 7.92 Å². The summed E-state index contributed by atoms with van der Waals surface area (Å²) in [5, 5.41) is 4.21. The molecule has 1 N–H and O–H groups in total. The predicted octanol–water partition coefficient (Wildman–Crippen LogP) is 4.81. The van der Waals surface area contributed by atoms with E-state index in [0.29, 0.717) is 5.92 Å². The molecule has 1 atom stereocenters. The van der Waals surface area contributed by atoms with Gasteiger partial charge in [-0.15, -0.1) is 0 Å². The van der Waals surface area contributed by atoms with Crippen molar-refractivity contribution in [2.45, 2.75) is 12.8 Å². The molecule has 0 unspecified atom stereocenters. The molecular formula is C27H22CrNO3P. The minimum atomic E-state index is -0.589. The number of hydrogen-bond donors (Lipinski definition) is 1. The van der Waals surface area contributed by atoms with Crippen molar-refractivity contribution in [3.05, 3.63) is 134 Å². The molecule has 164 valence electrons. The molecule has 0 saturated carbocycles. The number of hydrogen-bond acceptors (Lipinski definition) is 0. The zero-order chi connectivity index (χ0) is 23.8. The molecule has 0 fully saturated rings. The van der Waals surface area contributed by atoms with Gasteiger partial charge in [-0.05, 0) is 41.5 Å². The van der Waals surface area contributed by atoms with Gasteiger partial charge in [-0.1, -0.05) is 91.9 Å². The van der Waals surface area contributed by atoms with E-state index in [0.717, 1.165) is 0 Å². The molecule has 0 aliphatic rings. The molecule has 0 aliphatic carbocycles. The quantitative estimate of drug-likeness (QED) is 0.236. The Kier molecular flexibility index (Phi) is 16.1. The third-order valence-electron chi connectivity index (χ3n) is 4.76. The summed E-state index contributed by atoms with van der Waals surface area (Å²) >= 11 is 0. The Morgan fingerprint density at radius 2 is 1.09 bits per heavy atom. The standard InChI is InChI=1S/C24H22NP.3CO.Cr/c1-19(23-16-10-18-25-23)22-15-8-9-17-24(22)26(20-11-4-2-5-12-20)21-13-6-3-7-14-21;3*1-2;/h2-19,25H,1H3;;;;/t19-;;;;/m1..../s1. The Balaban J connectivity index is 0.00000136. The van der Waals surface area contributed by atoms with Gasteiger partial charge < -0.3 is 4.98 Å². The average Bonchev–Trinajstić information content (AvgIpc) is 3.44. The van der Waals surface area contributed by atoms with Gasteiger partial charge in [-0.25, -0.2) is 0 Å². The first kappa shape index (κ1) is 30.1. The normalized spacial score (nSPS) is 9.82. The summed E-state index contributed by atoms with van der Waals surface area (Å²) in [6.45, 7) is 15.8. The second kappa shape index (κ2) is 17.7. The van der Waals surface area contributed by atoms with E-state index in [-0.39, 0.29) is 17.4 Å². The van der Waals surface area contributed by atoms with E-state index >= 15 is 0 Å². The Morgan fingerprint density at radius 3 is 1.55 bits per heavy atom. The molecule has 0 spiro atoms. The number of rotatable bonds is 5. The van der Waals surface area contributed by atoms with Gasteiger partial charge in [-0.3, -0.25) is 0 Å². The van der Waals surface area contributed by atoms with E-state index in [9.17, 15) is 0 Å². The van der Waals surface area contributed by atoms with Crippen LogP contribution in [0.25, 0.3) is 0 Å². The Morgan fingerprint density at radius 1 is 0.636 bits per heavy atom. The fourth-order valence-electron chi connectivity index (χ4n) is 3.42. The molecule has 0 radical (unpaired) electrons. The van der Waals surface area contributed by atoms with E-state index in [1.807, 2.05) is 6.20 Å². The molecule has 4 nitrogen and oxygen atoms in total. The minimum Gasteiger partial charge on any atom is 0 e. The molecule has 0 saturated heterocycles. The number of nitrogens with one attached hydrogen (secondary N) is 1. The summed E-state index contributed by atoms with van der Waals surface area (Å²) < 4.78 is 22.5. The maximum atomic E-state index is 7.50. The SMILES string of the molecule is C[C@@H](c1ccc[nH]1)c1ccccc1P(c1ccccc1)c1ccccc1.[C-]#[O+].[C-]#[O+].[C-]#[O+].[Cr]. The van der Waals surface area contributed by atoms with Gasteiger partial charge in [0, 0.05) is 35.2 Å². The topological polar surface area (TPSA) is 75.5 Å². The minimum absolute atomic E-state index is 0. The van der Waals surface area contributed by atoms with Crippen LogP contribution in [0.4, 0.5) is 0 Å². The van der Waals surface area contributed by atoms with Gasteiger partial charge in [-0.2, -0.15) is 0 Å². The van der Waals surface area contributed by atoms with Crippen molar-refractivity contribution in [3.63, 3.8) is 0 Å². The molecule has 1 aromatic heterocycles. The first-order valence-corrected chi connectivity index (χ1v) is 10.9. The second-order valence-corrected chi connectivity index (χ2v) is 8.60. The van der Waals surface area contributed by atoms with Crippen LogP contribution < -0.4 is 15.9 Å². The summed E-state index contributed by atoms with van der Waals surface area (Å²) in [4.78, 5) is 3.39. The van der Waals surface area contributed by atoms with Gasteiger partial charge in [0.1, 0.15) is 0 Å². The zero-order valence-corrected chi connectivity index (χ0v) is 20.1. The van der Waals surface area contributed by atoms with Crippen molar-refractivity contribution in [1.82, 2.24) is 4.98 Å². The van der Waals surface area contributed by atoms with Crippen LogP contribution >= 0.6 is 7.92 Å². The molecular weight excluding hydrogens is 469 g/mol. The predicted molar refractivity (Wildman–Crippen MR) is 125 cm³/mol. The van der Waals surface area contributed by atoms with Gasteiger partial charge in [0.05, 0.1) is 0 Å². The summed E-state index contributed by atoms with van der Waals surface area (Å²) in [6.07, 6.45) is 2.01. The van der Waals surface area contributed by atoms with Crippen LogP contribution in [0.2, 0.25) is 0 Å². The summed E-state index contributed by atoms with van der Waals surface area (Å²) in [5.41, 5.74) is 2.65. The van der Waals surface area contributed by atoms with Crippen molar-refractivity contribution >= 4 is 23.8 Å². The van der Waals surface area contributed by atoms with Crippen LogP contribution in [0.1, 0.15) is 24.1 Å². The molecule has 3 aromatic carbocycles. The number of benzene rings is 3. The molecule has 33 heavy (non-hydrogen) atoms. The van der Waals surface area contributed by atoms with Crippen molar-refractivity contribution in [3.8, 4) is 0 Å². The third kappa shape index (κ3) is 8.20. The van der Waals surface area contributed by atoms with Gasteiger partial charge in [0.25, 0.3) is 0 Å². The summed E-state index contributed by atoms with van der Waals surface area (Å²) in [6, 6.07) is 35.0. The number of aromatic nitrogens is 1. The number of aromatic amines is 1. The van der Waals surface area contributed by atoms with Gasteiger partial charge in [0.2, 0.25) is 0 Å². The molecule has 4 aromatic rings. The largest absolute Gasteiger partial charge is 0 e. The smallest absolute Gasteiger partial charge is 0 e. The van der Waals surface area contributed by atoms with E-state index in [1.165, 1.54) is 27.2 Å². The Labute approximate surface area is 207 Å². The van der Waals surface area contributed by atoms with Gasteiger partial charge in [0.15, 0.2) is 0 Å². The maximum Gasteiger partial charge on any atom is 0 e. The van der Waals surface area contributed by atoms with Crippen LogP contribution in [-0.4, -0.2) is 4.98 Å². The fraction of sp³-hybridized carbons (Fsp3) is 0.0741. The van der Waals surface area contributed by atoms with Crippen molar-refractivity contribution in [2.75, 3.05) is 0 Å². The first-order chi connectivity index (χ1) is 15.8. The van der Waals surface area contributed by atoms with Crippen LogP contribution in [0.3, 0.4) is 0 Å². The fourth-order valence-corrected chi connectivity index (χ4v) is 5.98. The van der Waals surface area contributed by atoms with Crippen LogP contribution in [0, 0.1) is 20.0 Å². The van der Waals surface area contributed by atoms with E-state index in [4.69, 9.17) is 14.0 Å². The van der Waals surface area contributed by atoms with Gasteiger partial charge >= 0.3 is 33.9 Å². The Bertz CT molecular complexity index is 1040. The molecule has 0 bridgehead atoms. The number of H-pyrrole nitrogens is 1. The summed E-state index contributed by atoms with van der Waals surface area (Å²) in [7, 11) is -0.589. The van der Waals surface area contributed by atoms with E-state index in [1.54, 1.807) is 0 Å². The molecule has 0 amide bonds. The average molecular weight is 491 g/mol. The van der Waals surface area contributed by atoms with Crippen LogP contribution in [-0.2, 0) is 31.3 Å². The molecule has 4 rings (SSSR count). The maximum absolute atomic E-state index is 7.50. The zero-order valence-electron chi connectivity index (χ0n) is 18.0. The molecule has 6 heteroatoms. The third-order valence-corrected chi connectivity index (χ3v) is 7.28. The van der Waals surface area contributed by atoms with Crippen LogP contribution in [0.5, 0.6) is 0 Å². The second-order valence-electron chi connectivity index (χ2n) is 6.41. The molecule has 0 aliphatic heterocycles. The van der Waals surface area contributed by atoms with E-state index in [2.05, 4.69) is 129 Å².